The van der Waals surface area contributed by atoms with Crippen LogP contribution in [0.15, 0.2) is 47.3 Å². The van der Waals surface area contributed by atoms with Gasteiger partial charge in [-0.1, -0.05) is 0 Å². The third kappa shape index (κ3) is 3.16. The zero-order valence-electron chi connectivity index (χ0n) is 11.4. The summed E-state index contributed by atoms with van der Waals surface area (Å²) in [4.78, 5) is 13.3. The number of hydrogen-bond acceptors (Lipinski definition) is 3. The number of carbonyl (C=O) groups is 1. The van der Waals surface area contributed by atoms with E-state index in [4.69, 9.17) is 4.42 Å². The van der Waals surface area contributed by atoms with Crippen molar-refractivity contribution in [2.45, 2.75) is 13.0 Å². The molecule has 0 aliphatic rings. The molecule has 100 valence electrons. The molecule has 0 spiro atoms. The van der Waals surface area contributed by atoms with Gasteiger partial charge in [0.05, 0.1) is 18.6 Å². The molecule has 2 rings (SSSR count). The lowest BCUT2D eigenvalue weighted by Crippen LogP contribution is -2.21. The Morgan fingerprint density at radius 3 is 2.42 bits per heavy atom. The standard InChI is InChI=1S/C15H18N2O2/c1-11(13-8-9-19-10-13)16-14-6-4-12(5-7-14)15(18)17(2)3/h4-11,16H,1-3H3. The fourth-order valence-corrected chi connectivity index (χ4v) is 1.82. The van der Waals surface area contributed by atoms with E-state index in [1.165, 1.54) is 0 Å². The Morgan fingerprint density at radius 1 is 1.21 bits per heavy atom. The summed E-state index contributed by atoms with van der Waals surface area (Å²) in [6.07, 6.45) is 3.38. The third-order valence-electron chi connectivity index (χ3n) is 2.96. The van der Waals surface area contributed by atoms with Gasteiger partial charge in [0.15, 0.2) is 0 Å². The highest BCUT2D eigenvalue weighted by molar-refractivity contribution is 5.94. The van der Waals surface area contributed by atoms with Gasteiger partial charge in [-0.05, 0) is 37.3 Å². The van der Waals surface area contributed by atoms with E-state index in [9.17, 15) is 4.79 Å². The van der Waals surface area contributed by atoms with Crippen molar-refractivity contribution in [1.29, 1.82) is 0 Å². The van der Waals surface area contributed by atoms with Gasteiger partial charge in [-0.3, -0.25) is 4.79 Å². The number of hydrogen-bond donors (Lipinski definition) is 1. The SMILES string of the molecule is CC(Nc1ccc(C(=O)N(C)C)cc1)c1ccoc1. The molecule has 0 fully saturated rings. The summed E-state index contributed by atoms with van der Waals surface area (Å²) in [5, 5.41) is 3.35. The first-order valence-electron chi connectivity index (χ1n) is 6.18. The minimum absolute atomic E-state index is 0.00873. The highest BCUT2D eigenvalue weighted by Crippen LogP contribution is 2.20. The zero-order chi connectivity index (χ0) is 13.8. The predicted octanol–water partition coefficient (Wildman–Crippen LogP) is 3.15. The molecule has 0 aliphatic carbocycles. The van der Waals surface area contributed by atoms with Crippen molar-refractivity contribution < 1.29 is 9.21 Å². The lowest BCUT2D eigenvalue weighted by molar-refractivity contribution is 0.0827. The van der Waals surface area contributed by atoms with Crippen molar-refractivity contribution in [3.05, 3.63) is 54.0 Å². The molecule has 0 saturated carbocycles. The number of carbonyl (C=O) groups excluding carboxylic acids is 1. The predicted molar refractivity (Wildman–Crippen MR) is 75.2 cm³/mol. The molecule has 0 radical (unpaired) electrons. The number of rotatable bonds is 4. The molecule has 2 aromatic rings. The van der Waals surface area contributed by atoms with Crippen LogP contribution in [0.2, 0.25) is 0 Å². The van der Waals surface area contributed by atoms with Crippen LogP contribution in [0, 0.1) is 0 Å². The molecule has 0 saturated heterocycles. The first-order valence-corrected chi connectivity index (χ1v) is 6.18. The van der Waals surface area contributed by atoms with E-state index in [0.29, 0.717) is 5.56 Å². The Kier molecular flexibility index (Phi) is 3.90. The molecular weight excluding hydrogens is 240 g/mol. The van der Waals surface area contributed by atoms with Crippen molar-refractivity contribution in [2.75, 3.05) is 19.4 Å². The van der Waals surface area contributed by atoms with Crippen LogP contribution in [-0.2, 0) is 0 Å². The molecule has 1 heterocycles. The summed E-state index contributed by atoms with van der Waals surface area (Å²) in [6, 6.07) is 9.57. The normalized spacial score (nSPS) is 11.9. The quantitative estimate of drug-likeness (QED) is 0.916. The van der Waals surface area contributed by atoms with Crippen LogP contribution in [0.3, 0.4) is 0 Å². The molecule has 0 bridgehead atoms. The fraction of sp³-hybridized carbons (Fsp3) is 0.267. The molecule has 1 N–H and O–H groups in total. The highest BCUT2D eigenvalue weighted by atomic mass is 16.3. The van der Waals surface area contributed by atoms with E-state index < -0.39 is 0 Å². The third-order valence-corrected chi connectivity index (χ3v) is 2.96. The van der Waals surface area contributed by atoms with Crippen LogP contribution in [0.4, 0.5) is 5.69 Å². The van der Waals surface area contributed by atoms with Crippen molar-refractivity contribution in [2.24, 2.45) is 0 Å². The second-order valence-corrected chi connectivity index (χ2v) is 4.70. The first-order chi connectivity index (χ1) is 9.08. The largest absolute Gasteiger partial charge is 0.472 e. The Balaban J connectivity index is 2.05. The number of nitrogens with zero attached hydrogens (tertiary/aromatic N) is 1. The van der Waals surface area contributed by atoms with Crippen molar-refractivity contribution in [3.63, 3.8) is 0 Å². The number of amides is 1. The topological polar surface area (TPSA) is 45.5 Å². The minimum atomic E-state index is 0.00873. The molecule has 0 aliphatic heterocycles. The van der Waals surface area contributed by atoms with Gasteiger partial charge >= 0.3 is 0 Å². The summed E-state index contributed by atoms with van der Waals surface area (Å²) in [6.45, 7) is 2.06. The number of nitrogens with one attached hydrogen (secondary N) is 1. The van der Waals surface area contributed by atoms with Crippen molar-refractivity contribution >= 4 is 11.6 Å². The lowest BCUT2D eigenvalue weighted by Gasteiger charge is -2.14. The van der Waals surface area contributed by atoms with Gasteiger partial charge in [-0.2, -0.15) is 0 Å². The van der Waals surface area contributed by atoms with Crippen LogP contribution in [0.5, 0.6) is 0 Å². The van der Waals surface area contributed by atoms with E-state index in [2.05, 4.69) is 12.2 Å². The van der Waals surface area contributed by atoms with Gasteiger partial charge in [0, 0.05) is 30.9 Å². The summed E-state index contributed by atoms with van der Waals surface area (Å²) >= 11 is 0. The van der Waals surface area contributed by atoms with Crippen LogP contribution in [0.25, 0.3) is 0 Å². The van der Waals surface area contributed by atoms with E-state index in [0.717, 1.165) is 11.3 Å². The van der Waals surface area contributed by atoms with E-state index in [-0.39, 0.29) is 11.9 Å². The molecule has 4 nitrogen and oxygen atoms in total. The molecule has 1 amide bonds. The number of anilines is 1. The lowest BCUT2D eigenvalue weighted by atomic mass is 10.1. The van der Waals surface area contributed by atoms with E-state index in [1.54, 1.807) is 31.5 Å². The van der Waals surface area contributed by atoms with Crippen LogP contribution in [0.1, 0.15) is 28.9 Å². The Labute approximate surface area is 113 Å². The molecule has 1 aromatic heterocycles. The molecule has 1 atom stereocenters. The molecule has 19 heavy (non-hydrogen) atoms. The van der Waals surface area contributed by atoms with Gasteiger partial charge in [-0.25, -0.2) is 0 Å². The second kappa shape index (κ2) is 5.61. The molecule has 1 aromatic carbocycles. The fourth-order valence-electron chi connectivity index (χ4n) is 1.82. The van der Waals surface area contributed by atoms with E-state index >= 15 is 0 Å². The Morgan fingerprint density at radius 2 is 1.89 bits per heavy atom. The monoisotopic (exact) mass is 258 g/mol. The average Bonchev–Trinajstić information content (AvgIpc) is 2.92. The van der Waals surface area contributed by atoms with Gasteiger partial charge in [-0.15, -0.1) is 0 Å². The first kappa shape index (κ1) is 13.2. The van der Waals surface area contributed by atoms with Gasteiger partial charge in [0.25, 0.3) is 5.91 Å². The average molecular weight is 258 g/mol. The zero-order valence-corrected chi connectivity index (χ0v) is 11.4. The van der Waals surface area contributed by atoms with Gasteiger partial charge in [0.2, 0.25) is 0 Å². The van der Waals surface area contributed by atoms with Crippen molar-refractivity contribution in [3.8, 4) is 0 Å². The van der Waals surface area contributed by atoms with Gasteiger partial charge in [0.1, 0.15) is 0 Å². The molecule has 1 unspecified atom stereocenters. The van der Waals surface area contributed by atoms with Crippen LogP contribution in [-0.4, -0.2) is 24.9 Å². The number of furan rings is 1. The number of benzene rings is 1. The maximum atomic E-state index is 11.8. The summed E-state index contributed by atoms with van der Waals surface area (Å²) in [5.41, 5.74) is 2.75. The van der Waals surface area contributed by atoms with Crippen molar-refractivity contribution in [1.82, 2.24) is 4.90 Å². The van der Waals surface area contributed by atoms with Crippen LogP contribution >= 0.6 is 0 Å². The Hall–Kier alpha value is -2.23. The van der Waals surface area contributed by atoms with E-state index in [1.807, 2.05) is 30.3 Å². The second-order valence-electron chi connectivity index (χ2n) is 4.70. The molecule has 4 heteroatoms. The smallest absolute Gasteiger partial charge is 0.253 e. The minimum Gasteiger partial charge on any atom is -0.472 e. The molecular formula is C15H18N2O2. The van der Waals surface area contributed by atoms with Crippen LogP contribution < -0.4 is 5.32 Å². The van der Waals surface area contributed by atoms with Gasteiger partial charge < -0.3 is 14.6 Å². The maximum absolute atomic E-state index is 11.8. The highest BCUT2D eigenvalue weighted by Gasteiger charge is 2.09. The maximum Gasteiger partial charge on any atom is 0.253 e. The summed E-state index contributed by atoms with van der Waals surface area (Å²) in [7, 11) is 3.49. The Bertz CT molecular complexity index is 530. The summed E-state index contributed by atoms with van der Waals surface area (Å²) in [5.74, 6) is 0.00873. The summed E-state index contributed by atoms with van der Waals surface area (Å²) < 4.78 is 5.06.